The summed E-state index contributed by atoms with van der Waals surface area (Å²) >= 11 is 0. The topological polar surface area (TPSA) is 57.8 Å². The fourth-order valence-electron chi connectivity index (χ4n) is 3.19. The highest BCUT2D eigenvalue weighted by molar-refractivity contribution is 5.90. The molecular weight excluding hydrogens is 353 g/mol. The first-order valence-electron chi connectivity index (χ1n) is 8.67. The van der Waals surface area contributed by atoms with Gasteiger partial charge in [-0.25, -0.2) is 9.37 Å². The van der Waals surface area contributed by atoms with E-state index in [4.69, 9.17) is 0 Å². The fraction of sp³-hybridized carbons (Fsp3) is 0.130. The summed E-state index contributed by atoms with van der Waals surface area (Å²) in [5.41, 5.74) is 5.03. The third-order valence-electron chi connectivity index (χ3n) is 4.47. The average molecular weight is 375 g/mol. The first kappa shape index (κ1) is 19.3. The number of pyridine rings is 1. The van der Waals surface area contributed by atoms with E-state index in [1.807, 2.05) is 42.6 Å². The van der Waals surface area contributed by atoms with Crippen molar-refractivity contribution in [3.05, 3.63) is 83.9 Å². The highest BCUT2D eigenvalue weighted by Gasteiger charge is 2.10. The van der Waals surface area contributed by atoms with Crippen LogP contribution >= 0.6 is 0 Å². The first-order valence-corrected chi connectivity index (χ1v) is 8.67. The maximum atomic E-state index is 14.0. The normalized spacial score (nSPS) is 10.5. The molecule has 2 N–H and O–H groups in total. The molecule has 0 radical (unpaired) electrons. The number of aromatic amines is 1. The molecule has 0 atom stereocenters. The number of H-pyrrole nitrogens is 1. The number of carbonyl (C=O) groups excluding carboxylic acids is 1. The van der Waals surface area contributed by atoms with Crippen LogP contribution in [0.5, 0.6) is 0 Å². The molecule has 0 aliphatic heterocycles. The number of fused-ring (bicyclic) bond motifs is 1. The van der Waals surface area contributed by atoms with Gasteiger partial charge in [-0.2, -0.15) is 0 Å². The summed E-state index contributed by atoms with van der Waals surface area (Å²) in [4.78, 5) is 18.9. The van der Waals surface area contributed by atoms with E-state index in [-0.39, 0.29) is 19.2 Å². The molecule has 0 saturated heterocycles. The number of nitrogens with one attached hydrogen (secondary N) is 2. The van der Waals surface area contributed by atoms with Gasteiger partial charge in [-0.15, -0.1) is 0 Å². The molecule has 0 saturated carbocycles. The molecule has 2 aromatic carbocycles. The number of halogens is 1. The smallest absolute Gasteiger partial charge is 0.221 e. The molecule has 4 nitrogen and oxygen atoms in total. The van der Waals surface area contributed by atoms with Crippen molar-refractivity contribution >= 4 is 22.6 Å². The van der Waals surface area contributed by atoms with Crippen LogP contribution in [0.25, 0.3) is 22.2 Å². The van der Waals surface area contributed by atoms with E-state index in [0.29, 0.717) is 12.0 Å². The van der Waals surface area contributed by atoms with Gasteiger partial charge in [-0.3, -0.25) is 4.79 Å². The SMILES string of the molecule is C.CC(=O)Nc1cccc(-c2cnc3[nH]cc(Cc4ccccc4F)c3c2)c1. The fourth-order valence-corrected chi connectivity index (χ4v) is 3.19. The van der Waals surface area contributed by atoms with Crippen LogP contribution in [0.3, 0.4) is 0 Å². The lowest BCUT2D eigenvalue weighted by atomic mass is 10.0. The lowest BCUT2D eigenvalue weighted by Crippen LogP contribution is -2.05. The zero-order chi connectivity index (χ0) is 18.8. The summed E-state index contributed by atoms with van der Waals surface area (Å²) < 4.78 is 14.0. The molecule has 0 aliphatic carbocycles. The van der Waals surface area contributed by atoms with Gasteiger partial charge >= 0.3 is 0 Å². The number of hydrogen-bond donors (Lipinski definition) is 2. The van der Waals surface area contributed by atoms with Crippen molar-refractivity contribution < 1.29 is 9.18 Å². The molecule has 2 heterocycles. The standard InChI is InChI=1S/C22H18FN3O.CH4/c1-14(27)26-19-7-4-6-15(10-19)17-11-20-18(13-25-22(20)24-12-17)9-16-5-2-3-8-21(16)23;/h2-8,10-13H,9H2,1H3,(H,24,25)(H,26,27);1H4. The number of hydrogen-bond acceptors (Lipinski definition) is 2. The minimum Gasteiger partial charge on any atom is -0.346 e. The number of anilines is 1. The monoisotopic (exact) mass is 375 g/mol. The van der Waals surface area contributed by atoms with E-state index in [2.05, 4.69) is 15.3 Å². The van der Waals surface area contributed by atoms with Crippen LogP contribution in [0.1, 0.15) is 25.5 Å². The lowest BCUT2D eigenvalue weighted by Gasteiger charge is -2.07. The lowest BCUT2D eigenvalue weighted by molar-refractivity contribution is -0.114. The van der Waals surface area contributed by atoms with Crippen LogP contribution in [-0.4, -0.2) is 15.9 Å². The van der Waals surface area contributed by atoms with Crippen LogP contribution < -0.4 is 5.32 Å². The van der Waals surface area contributed by atoms with Crippen LogP contribution in [0.4, 0.5) is 10.1 Å². The van der Waals surface area contributed by atoms with Gasteiger partial charge in [0.2, 0.25) is 5.91 Å². The van der Waals surface area contributed by atoms with Crippen LogP contribution in [-0.2, 0) is 11.2 Å². The molecule has 0 bridgehead atoms. The Morgan fingerprint density at radius 3 is 2.68 bits per heavy atom. The molecule has 0 aliphatic rings. The van der Waals surface area contributed by atoms with Crippen molar-refractivity contribution in [1.82, 2.24) is 9.97 Å². The highest BCUT2D eigenvalue weighted by Crippen LogP contribution is 2.28. The molecule has 1 amide bonds. The third-order valence-corrected chi connectivity index (χ3v) is 4.47. The molecule has 5 heteroatoms. The summed E-state index contributed by atoms with van der Waals surface area (Å²) in [6.45, 7) is 1.48. The number of rotatable bonds is 4. The Balaban J connectivity index is 0.00000225. The van der Waals surface area contributed by atoms with E-state index < -0.39 is 0 Å². The summed E-state index contributed by atoms with van der Waals surface area (Å²) in [5, 5.41) is 3.75. The van der Waals surface area contributed by atoms with Gasteiger partial charge in [0.1, 0.15) is 11.5 Å². The number of carbonyl (C=O) groups is 1. The summed E-state index contributed by atoms with van der Waals surface area (Å²) in [6, 6.07) is 16.5. The van der Waals surface area contributed by atoms with Crippen molar-refractivity contribution in [3.8, 4) is 11.1 Å². The Morgan fingerprint density at radius 2 is 1.89 bits per heavy atom. The maximum absolute atomic E-state index is 14.0. The van der Waals surface area contributed by atoms with Crippen molar-refractivity contribution in [2.75, 3.05) is 5.32 Å². The summed E-state index contributed by atoms with van der Waals surface area (Å²) in [5.74, 6) is -0.322. The Bertz CT molecular complexity index is 1130. The van der Waals surface area contributed by atoms with E-state index in [1.54, 1.807) is 18.3 Å². The molecule has 142 valence electrons. The predicted octanol–water partition coefficient (Wildman–Crippen LogP) is 5.55. The van der Waals surface area contributed by atoms with E-state index in [9.17, 15) is 9.18 Å². The summed E-state index contributed by atoms with van der Waals surface area (Å²) in [6.07, 6.45) is 4.16. The maximum Gasteiger partial charge on any atom is 0.221 e. The van der Waals surface area contributed by atoms with Crippen molar-refractivity contribution in [2.24, 2.45) is 0 Å². The molecule has 0 unspecified atom stereocenters. The van der Waals surface area contributed by atoms with Gasteiger partial charge in [-0.05, 0) is 41.0 Å². The van der Waals surface area contributed by atoms with Gasteiger partial charge in [0.05, 0.1) is 0 Å². The van der Waals surface area contributed by atoms with Crippen molar-refractivity contribution in [2.45, 2.75) is 20.8 Å². The van der Waals surface area contributed by atoms with Crippen LogP contribution in [0, 0.1) is 5.82 Å². The van der Waals surface area contributed by atoms with Gasteiger partial charge in [0.25, 0.3) is 0 Å². The second-order valence-corrected chi connectivity index (χ2v) is 6.46. The summed E-state index contributed by atoms with van der Waals surface area (Å²) in [7, 11) is 0. The van der Waals surface area contributed by atoms with Crippen molar-refractivity contribution in [1.29, 1.82) is 0 Å². The van der Waals surface area contributed by atoms with Gasteiger partial charge < -0.3 is 10.3 Å². The molecule has 0 fully saturated rings. The molecule has 0 spiro atoms. The first-order chi connectivity index (χ1) is 13.1. The van der Waals surface area contributed by atoms with E-state index >= 15 is 0 Å². The van der Waals surface area contributed by atoms with Crippen LogP contribution in [0.2, 0.25) is 0 Å². The minimum atomic E-state index is -0.209. The van der Waals surface area contributed by atoms with Crippen molar-refractivity contribution in [3.63, 3.8) is 0 Å². The molecular formula is C23H22FN3O. The number of amides is 1. The third kappa shape index (κ3) is 3.93. The van der Waals surface area contributed by atoms with E-state index in [1.165, 1.54) is 13.0 Å². The Hall–Kier alpha value is -3.47. The quantitative estimate of drug-likeness (QED) is 0.491. The number of benzene rings is 2. The minimum absolute atomic E-state index is 0. The number of aromatic nitrogens is 2. The predicted molar refractivity (Wildman–Crippen MR) is 112 cm³/mol. The Labute approximate surface area is 163 Å². The molecule has 2 aromatic heterocycles. The highest BCUT2D eigenvalue weighted by atomic mass is 19.1. The second-order valence-electron chi connectivity index (χ2n) is 6.46. The zero-order valence-corrected chi connectivity index (χ0v) is 14.8. The average Bonchev–Trinajstić information content (AvgIpc) is 3.05. The Morgan fingerprint density at radius 1 is 1.07 bits per heavy atom. The number of nitrogens with zero attached hydrogens (tertiary/aromatic N) is 1. The molecule has 28 heavy (non-hydrogen) atoms. The molecule has 4 aromatic rings. The van der Waals surface area contributed by atoms with Gasteiger partial charge in [0, 0.05) is 42.4 Å². The zero-order valence-electron chi connectivity index (χ0n) is 14.8. The van der Waals surface area contributed by atoms with Gasteiger partial charge in [0.15, 0.2) is 0 Å². The largest absolute Gasteiger partial charge is 0.346 e. The Kier molecular flexibility index (Phi) is 5.54. The second kappa shape index (κ2) is 8.05. The molecule has 4 rings (SSSR count). The van der Waals surface area contributed by atoms with E-state index in [0.717, 1.165) is 33.4 Å². The van der Waals surface area contributed by atoms with Gasteiger partial charge in [-0.1, -0.05) is 37.8 Å². The van der Waals surface area contributed by atoms with Crippen LogP contribution in [0.15, 0.2) is 67.0 Å².